The van der Waals surface area contributed by atoms with E-state index in [2.05, 4.69) is 26.6 Å². The number of anilines is 1. The minimum Gasteiger partial charge on any atom is -0.326 e. The molecule has 1 aliphatic heterocycles. The van der Waals surface area contributed by atoms with Crippen molar-refractivity contribution in [3.05, 3.63) is 28.2 Å². The van der Waals surface area contributed by atoms with E-state index in [0.29, 0.717) is 0 Å². The molecule has 23 heavy (non-hydrogen) atoms. The van der Waals surface area contributed by atoms with Crippen LogP contribution < -0.4 is 10.6 Å². The normalized spacial score (nSPS) is 22.3. The Morgan fingerprint density at radius 2 is 1.96 bits per heavy atom. The Morgan fingerprint density at radius 1 is 1.30 bits per heavy atom. The number of halogens is 5. The number of amides is 1. The average Bonchev–Trinajstić information content (AvgIpc) is 3.14. The standard InChI is InChI=1S/C15H16BrF3N2O.ClH/c16-12-2-1-9(7-10(12)15(17,18)19)21-13(22)11-8-14(11)3-5-20-6-4-14;/h1-2,7,11,20H,3-6,8H2,(H,21,22);1H. The van der Waals surface area contributed by atoms with Crippen LogP contribution in [0.5, 0.6) is 0 Å². The zero-order chi connectivity index (χ0) is 16.0. The molecule has 1 aromatic rings. The van der Waals surface area contributed by atoms with Crippen molar-refractivity contribution in [2.45, 2.75) is 25.4 Å². The highest BCUT2D eigenvalue weighted by atomic mass is 79.9. The highest BCUT2D eigenvalue weighted by Crippen LogP contribution is 2.58. The Hall–Kier alpha value is -0.790. The van der Waals surface area contributed by atoms with Crippen molar-refractivity contribution < 1.29 is 18.0 Å². The van der Waals surface area contributed by atoms with Crippen LogP contribution >= 0.6 is 28.3 Å². The van der Waals surface area contributed by atoms with Crippen molar-refractivity contribution in [2.75, 3.05) is 18.4 Å². The number of alkyl halides is 3. The lowest BCUT2D eigenvalue weighted by Crippen LogP contribution is -2.31. The van der Waals surface area contributed by atoms with Gasteiger partial charge in [0.2, 0.25) is 5.91 Å². The van der Waals surface area contributed by atoms with Gasteiger partial charge in [-0.2, -0.15) is 13.2 Å². The molecule has 2 fully saturated rings. The average molecular weight is 414 g/mol. The summed E-state index contributed by atoms with van der Waals surface area (Å²) in [6.45, 7) is 1.81. The molecule has 3 nitrogen and oxygen atoms in total. The molecule has 0 aromatic heterocycles. The number of hydrogen-bond donors (Lipinski definition) is 2. The molecular formula is C15H17BrClF3N2O. The predicted octanol–water partition coefficient (Wildman–Crippen LogP) is 4.22. The van der Waals surface area contributed by atoms with Crippen LogP contribution in [0.15, 0.2) is 22.7 Å². The molecule has 3 rings (SSSR count). The Labute approximate surface area is 146 Å². The van der Waals surface area contributed by atoms with E-state index in [1.165, 1.54) is 12.1 Å². The molecule has 1 amide bonds. The van der Waals surface area contributed by atoms with Crippen molar-refractivity contribution in [1.82, 2.24) is 5.32 Å². The molecule has 1 atom stereocenters. The Kier molecular flexibility index (Phi) is 5.33. The quantitative estimate of drug-likeness (QED) is 0.762. The number of hydrogen-bond acceptors (Lipinski definition) is 2. The van der Waals surface area contributed by atoms with Crippen LogP contribution in [0, 0.1) is 11.3 Å². The summed E-state index contributed by atoms with van der Waals surface area (Å²) in [7, 11) is 0. The topological polar surface area (TPSA) is 41.1 Å². The summed E-state index contributed by atoms with van der Waals surface area (Å²) in [6, 6.07) is 3.76. The van der Waals surface area contributed by atoms with E-state index < -0.39 is 11.7 Å². The highest BCUT2D eigenvalue weighted by molar-refractivity contribution is 9.10. The number of benzene rings is 1. The summed E-state index contributed by atoms with van der Waals surface area (Å²) in [5, 5.41) is 5.89. The first-order valence-corrected chi connectivity index (χ1v) is 7.99. The maximum absolute atomic E-state index is 12.9. The molecule has 1 aliphatic carbocycles. The number of piperidine rings is 1. The molecule has 2 aliphatic rings. The highest BCUT2D eigenvalue weighted by Gasteiger charge is 2.57. The lowest BCUT2D eigenvalue weighted by atomic mass is 9.92. The maximum atomic E-state index is 12.9. The van der Waals surface area contributed by atoms with Gasteiger partial charge in [-0.05, 0) is 56.0 Å². The van der Waals surface area contributed by atoms with Gasteiger partial charge in [0.05, 0.1) is 5.56 Å². The molecule has 128 valence electrons. The molecule has 1 unspecified atom stereocenters. The van der Waals surface area contributed by atoms with Gasteiger partial charge < -0.3 is 10.6 Å². The third kappa shape index (κ3) is 3.83. The monoisotopic (exact) mass is 412 g/mol. The van der Waals surface area contributed by atoms with Crippen molar-refractivity contribution in [1.29, 1.82) is 0 Å². The summed E-state index contributed by atoms with van der Waals surface area (Å²) < 4.78 is 38.6. The third-order valence-electron chi connectivity index (χ3n) is 4.64. The van der Waals surface area contributed by atoms with E-state index >= 15 is 0 Å². The molecule has 1 heterocycles. The molecule has 0 radical (unpaired) electrons. The van der Waals surface area contributed by atoms with Crippen LogP contribution in [-0.2, 0) is 11.0 Å². The van der Waals surface area contributed by atoms with E-state index in [4.69, 9.17) is 0 Å². The fraction of sp³-hybridized carbons (Fsp3) is 0.533. The van der Waals surface area contributed by atoms with E-state index in [0.717, 1.165) is 38.4 Å². The van der Waals surface area contributed by atoms with Gasteiger partial charge in [-0.1, -0.05) is 15.9 Å². The van der Waals surface area contributed by atoms with E-state index in [-0.39, 0.29) is 39.8 Å². The van der Waals surface area contributed by atoms with Gasteiger partial charge in [-0.25, -0.2) is 0 Å². The van der Waals surface area contributed by atoms with Crippen molar-refractivity contribution in [2.24, 2.45) is 11.3 Å². The lowest BCUT2D eigenvalue weighted by Gasteiger charge is -2.23. The van der Waals surface area contributed by atoms with E-state index in [1.54, 1.807) is 0 Å². The minimum atomic E-state index is -4.45. The molecule has 1 aromatic carbocycles. The van der Waals surface area contributed by atoms with E-state index in [9.17, 15) is 18.0 Å². The van der Waals surface area contributed by atoms with Crippen LogP contribution in [0.1, 0.15) is 24.8 Å². The van der Waals surface area contributed by atoms with Gasteiger partial charge in [-0.3, -0.25) is 4.79 Å². The second kappa shape index (κ2) is 6.61. The summed E-state index contributed by atoms with van der Waals surface area (Å²) in [6.07, 6.45) is -1.70. The number of nitrogens with one attached hydrogen (secondary N) is 2. The van der Waals surface area contributed by atoms with Crippen molar-refractivity contribution >= 4 is 39.9 Å². The summed E-state index contributed by atoms with van der Waals surface area (Å²) in [5.41, 5.74) is -0.522. The smallest absolute Gasteiger partial charge is 0.326 e. The zero-order valence-corrected chi connectivity index (χ0v) is 14.6. The molecular weight excluding hydrogens is 397 g/mol. The van der Waals surface area contributed by atoms with Crippen molar-refractivity contribution in [3.63, 3.8) is 0 Å². The number of carbonyl (C=O) groups excluding carboxylic acids is 1. The van der Waals surface area contributed by atoms with Crippen LogP contribution in [-0.4, -0.2) is 19.0 Å². The largest absolute Gasteiger partial charge is 0.417 e. The van der Waals surface area contributed by atoms with Crippen LogP contribution in [0.25, 0.3) is 0 Å². The van der Waals surface area contributed by atoms with Crippen LogP contribution in [0.3, 0.4) is 0 Å². The first-order valence-electron chi connectivity index (χ1n) is 7.20. The lowest BCUT2D eigenvalue weighted by molar-refractivity contribution is -0.138. The van der Waals surface area contributed by atoms with E-state index in [1.807, 2.05) is 0 Å². The SMILES string of the molecule is Cl.O=C(Nc1ccc(Br)c(C(F)(F)F)c1)C1CC12CCNCC2. The van der Waals surface area contributed by atoms with Crippen molar-refractivity contribution in [3.8, 4) is 0 Å². The Bertz CT molecular complexity index is 603. The summed E-state index contributed by atoms with van der Waals surface area (Å²) in [5.74, 6) is -0.245. The Morgan fingerprint density at radius 3 is 2.57 bits per heavy atom. The molecule has 1 spiro atoms. The zero-order valence-electron chi connectivity index (χ0n) is 12.2. The van der Waals surface area contributed by atoms with Gasteiger partial charge in [0.1, 0.15) is 0 Å². The molecule has 1 saturated heterocycles. The number of carbonyl (C=O) groups is 1. The van der Waals surface area contributed by atoms with Gasteiger partial charge in [0.25, 0.3) is 0 Å². The first-order chi connectivity index (χ1) is 10.3. The van der Waals surface area contributed by atoms with Crippen LogP contribution in [0.2, 0.25) is 0 Å². The molecule has 1 saturated carbocycles. The second-order valence-corrected chi connectivity index (χ2v) is 6.91. The third-order valence-corrected chi connectivity index (χ3v) is 5.34. The fourth-order valence-corrected chi connectivity index (χ4v) is 3.72. The molecule has 2 N–H and O–H groups in total. The van der Waals surface area contributed by atoms with Gasteiger partial charge in [0.15, 0.2) is 0 Å². The molecule has 8 heteroatoms. The van der Waals surface area contributed by atoms with Crippen LogP contribution in [0.4, 0.5) is 18.9 Å². The molecule has 0 bridgehead atoms. The summed E-state index contributed by atoms with van der Waals surface area (Å²) >= 11 is 2.89. The summed E-state index contributed by atoms with van der Waals surface area (Å²) in [4.78, 5) is 12.3. The van der Waals surface area contributed by atoms with Gasteiger partial charge >= 0.3 is 6.18 Å². The fourth-order valence-electron chi connectivity index (χ4n) is 3.25. The second-order valence-electron chi connectivity index (χ2n) is 6.05. The van der Waals surface area contributed by atoms with Gasteiger partial charge in [0, 0.05) is 16.1 Å². The minimum absolute atomic E-state index is 0. The maximum Gasteiger partial charge on any atom is 0.417 e. The first kappa shape index (κ1) is 18.5. The number of rotatable bonds is 2. The van der Waals surface area contributed by atoms with Gasteiger partial charge in [-0.15, -0.1) is 12.4 Å². The Balaban J connectivity index is 0.00000192. The predicted molar refractivity (Wildman–Crippen MR) is 87.7 cm³/mol.